The third-order valence-corrected chi connectivity index (χ3v) is 7.43. The lowest BCUT2D eigenvalue weighted by molar-refractivity contribution is -0.185. The number of carbonyl (C=O) groups is 1. The van der Waals surface area contributed by atoms with Crippen LogP contribution in [0.25, 0.3) is 10.2 Å². The molecule has 1 saturated heterocycles. The molecule has 29 heavy (non-hydrogen) atoms. The first-order chi connectivity index (χ1) is 13.9. The van der Waals surface area contributed by atoms with Gasteiger partial charge < -0.3 is 10.2 Å². The molecule has 158 valence electrons. The molecule has 1 aliphatic heterocycles. The van der Waals surface area contributed by atoms with Crippen molar-refractivity contribution in [1.29, 1.82) is 0 Å². The van der Waals surface area contributed by atoms with Gasteiger partial charge in [-0.2, -0.15) is 13.2 Å². The summed E-state index contributed by atoms with van der Waals surface area (Å²) in [4.78, 5) is 19.0. The molecular weight excluding hydrogens is 399 g/mol. The van der Waals surface area contributed by atoms with E-state index in [9.17, 15) is 18.0 Å². The van der Waals surface area contributed by atoms with Crippen molar-refractivity contribution in [2.24, 2.45) is 11.8 Å². The van der Waals surface area contributed by atoms with E-state index in [1.807, 2.05) is 18.2 Å². The van der Waals surface area contributed by atoms with Crippen LogP contribution >= 0.6 is 11.3 Å². The maximum absolute atomic E-state index is 12.9. The van der Waals surface area contributed by atoms with Crippen LogP contribution in [0.1, 0.15) is 49.5 Å². The number of hydrogen-bond acceptors (Lipinski definition) is 3. The average Bonchev–Trinajstić information content (AvgIpc) is 3.16. The van der Waals surface area contributed by atoms with E-state index in [4.69, 9.17) is 4.98 Å². The molecule has 2 unspecified atom stereocenters. The van der Waals surface area contributed by atoms with Gasteiger partial charge in [0.1, 0.15) is 0 Å². The number of para-hydroxylation sites is 1. The molecule has 2 fully saturated rings. The zero-order valence-electron chi connectivity index (χ0n) is 16.3. The molecule has 0 spiro atoms. The van der Waals surface area contributed by atoms with E-state index in [2.05, 4.69) is 11.4 Å². The second-order valence-corrected chi connectivity index (χ2v) is 9.30. The number of halogens is 3. The molecule has 2 aliphatic rings. The van der Waals surface area contributed by atoms with Crippen molar-refractivity contribution in [1.82, 2.24) is 15.2 Å². The van der Waals surface area contributed by atoms with Gasteiger partial charge in [0.25, 0.3) is 0 Å². The molecule has 1 saturated carbocycles. The van der Waals surface area contributed by atoms with Crippen molar-refractivity contribution in [3.05, 3.63) is 29.3 Å². The van der Waals surface area contributed by atoms with E-state index < -0.39 is 12.1 Å². The van der Waals surface area contributed by atoms with Crippen molar-refractivity contribution in [2.75, 3.05) is 19.6 Å². The summed E-state index contributed by atoms with van der Waals surface area (Å²) in [5.74, 6) is -0.940. The molecule has 2 amide bonds. The number of likely N-dealkylation sites (tertiary alicyclic amines) is 1. The standard InChI is InChI=1S/C21H26F3N3OS/c22-21(23,24)16-5-3-4-14(12-16)13-25-20(28)27-10-8-15(9-11-27)19-26-17-6-1-2-7-18(17)29-19/h1-2,6-7,14-16H,3-5,8-13H2,(H,25,28). The molecule has 2 heterocycles. The fraction of sp³-hybridized carbons (Fsp3) is 0.619. The average molecular weight is 426 g/mol. The SMILES string of the molecule is O=C(NCC1CCCC(C(F)(F)F)C1)N1CCC(c2nc3ccccc3s2)CC1. The number of benzene rings is 1. The van der Waals surface area contributed by atoms with Crippen LogP contribution < -0.4 is 5.32 Å². The first-order valence-corrected chi connectivity index (χ1v) is 11.2. The highest BCUT2D eigenvalue weighted by atomic mass is 32.1. The summed E-state index contributed by atoms with van der Waals surface area (Å²) >= 11 is 1.72. The zero-order chi connectivity index (χ0) is 20.4. The molecule has 8 heteroatoms. The summed E-state index contributed by atoms with van der Waals surface area (Å²) in [6, 6.07) is 7.95. The number of piperidine rings is 1. The predicted octanol–water partition coefficient (Wildman–Crippen LogP) is 5.55. The van der Waals surface area contributed by atoms with Gasteiger partial charge >= 0.3 is 12.2 Å². The third kappa shape index (κ3) is 4.85. The molecule has 0 radical (unpaired) electrons. The van der Waals surface area contributed by atoms with Gasteiger partial charge in [0.15, 0.2) is 0 Å². The van der Waals surface area contributed by atoms with Gasteiger partial charge in [-0.05, 0) is 50.2 Å². The number of fused-ring (bicyclic) bond motifs is 1. The lowest BCUT2D eigenvalue weighted by Gasteiger charge is -2.33. The maximum atomic E-state index is 12.9. The molecule has 4 nitrogen and oxygen atoms in total. The van der Waals surface area contributed by atoms with Crippen molar-refractivity contribution in [3.8, 4) is 0 Å². The molecular formula is C21H26F3N3OS. The Morgan fingerprint density at radius 2 is 1.93 bits per heavy atom. The van der Waals surface area contributed by atoms with Crippen LogP contribution in [-0.2, 0) is 0 Å². The highest BCUT2D eigenvalue weighted by Crippen LogP contribution is 2.39. The Bertz CT molecular complexity index is 812. The van der Waals surface area contributed by atoms with E-state index in [-0.39, 0.29) is 24.8 Å². The first kappa shape index (κ1) is 20.4. The molecule has 1 N–H and O–H groups in total. The summed E-state index contributed by atoms with van der Waals surface area (Å²) in [5, 5.41) is 4.01. The van der Waals surface area contributed by atoms with Crippen molar-refractivity contribution in [2.45, 2.75) is 50.6 Å². The van der Waals surface area contributed by atoms with Gasteiger partial charge in [-0.1, -0.05) is 18.6 Å². The van der Waals surface area contributed by atoms with E-state index in [1.54, 1.807) is 16.2 Å². The predicted molar refractivity (Wildman–Crippen MR) is 108 cm³/mol. The van der Waals surface area contributed by atoms with Crippen LogP contribution in [0, 0.1) is 11.8 Å². The quantitative estimate of drug-likeness (QED) is 0.700. The second kappa shape index (κ2) is 8.50. The largest absolute Gasteiger partial charge is 0.391 e. The van der Waals surface area contributed by atoms with E-state index in [0.717, 1.165) is 29.8 Å². The number of urea groups is 1. The molecule has 1 aliphatic carbocycles. The van der Waals surface area contributed by atoms with Gasteiger partial charge in [0.2, 0.25) is 0 Å². The van der Waals surface area contributed by atoms with E-state index in [1.165, 1.54) is 4.70 Å². The molecule has 0 bridgehead atoms. The lowest BCUT2D eigenvalue weighted by atomic mass is 9.81. The van der Waals surface area contributed by atoms with Gasteiger partial charge in [-0.25, -0.2) is 9.78 Å². The van der Waals surface area contributed by atoms with Crippen LogP contribution in [0.3, 0.4) is 0 Å². The van der Waals surface area contributed by atoms with Gasteiger partial charge in [0.05, 0.1) is 21.1 Å². The molecule has 2 atom stereocenters. The first-order valence-electron chi connectivity index (χ1n) is 10.3. The zero-order valence-corrected chi connectivity index (χ0v) is 17.1. The number of aromatic nitrogens is 1. The fourth-order valence-corrected chi connectivity index (χ4v) is 5.65. The lowest BCUT2D eigenvalue weighted by Crippen LogP contribution is -2.46. The minimum absolute atomic E-state index is 0.0837. The Morgan fingerprint density at radius 3 is 2.66 bits per heavy atom. The summed E-state index contributed by atoms with van der Waals surface area (Å²) in [7, 11) is 0. The van der Waals surface area contributed by atoms with Crippen molar-refractivity contribution >= 4 is 27.6 Å². The summed E-state index contributed by atoms with van der Waals surface area (Å²) in [6.07, 6.45) is -0.702. The third-order valence-electron chi connectivity index (χ3n) is 6.23. The minimum atomic E-state index is -4.12. The number of nitrogens with one attached hydrogen (secondary N) is 1. The van der Waals surface area contributed by atoms with Crippen LogP contribution in [0.2, 0.25) is 0 Å². The van der Waals surface area contributed by atoms with Gasteiger partial charge in [-0.3, -0.25) is 0 Å². The molecule has 4 rings (SSSR count). The Labute approximate surface area is 172 Å². The highest BCUT2D eigenvalue weighted by molar-refractivity contribution is 7.18. The molecule has 1 aromatic carbocycles. The van der Waals surface area contributed by atoms with Gasteiger partial charge in [-0.15, -0.1) is 11.3 Å². The second-order valence-electron chi connectivity index (χ2n) is 8.24. The Kier molecular flexibility index (Phi) is 5.99. The van der Waals surface area contributed by atoms with Crippen LogP contribution in [0.4, 0.5) is 18.0 Å². The number of hydrogen-bond donors (Lipinski definition) is 1. The normalized spacial score (nSPS) is 24.0. The minimum Gasteiger partial charge on any atom is -0.338 e. The topological polar surface area (TPSA) is 45.2 Å². The van der Waals surface area contributed by atoms with E-state index >= 15 is 0 Å². The molecule has 2 aromatic rings. The Hall–Kier alpha value is -1.83. The summed E-state index contributed by atoms with van der Waals surface area (Å²) in [5.41, 5.74) is 1.03. The number of amides is 2. The van der Waals surface area contributed by atoms with Crippen LogP contribution in [0.5, 0.6) is 0 Å². The van der Waals surface area contributed by atoms with Crippen LogP contribution in [-0.4, -0.2) is 41.7 Å². The monoisotopic (exact) mass is 425 g/mol. The number of alkyl halides is 3. The number of rotatable bonds is 3. The van der Waals surface area contributed by atoms with Crippen molar-refractivity contribution in [3.63, 3.8) is 0 Å². The van der Waals surface area contributed by atoms with Crippen LogP contribution in [0.15, 0.2) is 24.3 Å². The number of thiazole rings is 1. The fourth-order valence-electron chi connectivity index (χ4n) is 4.51. The number of carbonyl (C=O) groups excluding carboxylic acids is 1. The van der Waals surface area contributed by atoms with Crippen molar-refractivity contribution < 1.29 is 18.0 Å². The maximum Gasteiger partial charge on any atom is 0.391 e. The van der Waals surface area contributed by atoms with E-state index in [0.29, 0.717) is 32.0 Å². The Morgan fingerprint density at radius 1 is 1.17 bits per heavy atom. The summed E-state index contributed by atoms with van der Waals surface area (Å²) < 4.78 is 40.0. The molecule has 1 aromatic heterocycles. The summed E-state index contributed by atoms with van der Waals surface area (Å²) in [6.45, 7) is 1.65. The smallest absolute Gasteiger partial charge is 0.338 e. The number of nitrogens with zero attached hydrogens (tertiary/aromatic N) is 2. The Balaban J connectivity index is 1.25. The van der Waals surface area contributed by atoms with Gasteiger partial charge in [0, 0.05) is 25.6 Å². The highest BCUT2D eigenvalue weighted by Gasteiger charge is 2.42.